The van der Waals surface area contributed by atoms with E-state index in [9.17, 15) is 0 Å². The van der Waals surface area contributed by atoms with E-state index in [1.165, 1.54) is 11.1 Å². The molecule has 0 aliphatic heterocycles. The van der Waals surface area contributed by atoms with Gasteiger partial charge in [0.2, 0.25) is 5.89 Å². The van der Waals surface area contributed by atoms with Crippen LogP contribution in [0.25, 0.3) is 0 Å². The monoisotopic (exact) mass is 310 g/mol. The van der Waals surface area contributed by atoms with Gasteiger partial charge in [-0.25, -0.2) is 0 Å². The van der Waals surface area contributed by atoms with Crippen LogP contribution in [0, 0.1) is 0 Å². The maximum Gasteiger partial charge on any atom is 0.276 e. The number of hydrogen-bond acceptors (Lipinski definition) is 4. The number of aromatic nitrogens is 2. The van der Waals surface area contributed by atoms with Gasteiger partial charge in [0.15, 0.2) is 0 Å². The lowest BCUT2D eigenvalue weighted by molar-refractivity contribution is 0.404. The van der Waals surface area contributed by atoms with Gasteiger partial charge in [0.25, 0.3) is 5.22 Å². The van der Waals surface area contributed by atoms with Gasteiger partial charge in [-0.3, -0.25) is 0 Å². The molecular formula is C18H18N2OS. The summed E-state index contributed by atoms with van der Waals surface area (Å²) in [5.74, 6) is 1.91. The van der Waals surface area contributed by atoms with Crippen LogP contribution in [0.2, 0.25) is 0 Å². The topological polar surface area (TPSA) is 38.9 Å². The Morgan fingerprint density at radius 2 is 1.64 bits per heavy atom. The normalized spacial score (nSPS) is 12.2. The summed E-state index contributed by atoms with van der Waals surface area (Å²) in [4.78, 5) is 0. The van der Waals surface area contributed by atoms with Crippen molar-refractivity contribution in [1.29, 1.82) is 0 Å². The summed E-state index contributed by atoms with van der Waals surface area (Å²) >= 11 is 1.58. The molecular weight excluding hydrogens is 292 g/mol. The van der Waals surface area contributed by atoms with Gasteiger partial charge < -0.3 is 4.42 Å². The summed E-state index contributed by atoms with van der Waals surface area (Å²) in [5.41, 5.74) is 2.55. The predicted molar refractivity (Wildman–Crippen MR) is 88.9 cm³/mol. The Labute approximate surface area is 134 Å². The lowest BCUT2D eigenvalue weighted by Crippen LogP contribution is -1.98. The zero-order valence-electron chi connectivity index (χ0n) is 12.5. The van der Waals surface area contributed by atoms with E-state index >= 15 is 0 Å². The molecule has 4 heteroatoms. The molecule has 0 saturated carbocycles. The minimum Gasteiger partial charge on any atom is -0.416 e. The fraction of sp³-hybridized carbons (Fsp3) is 0.222. The van der Waals surface area contributed by atoms with Gasteiger partial charge in [-0.1, -0.05) is 79.3 Å². The Morgan fingerprint density at radius 1 is 0.955 bits per heavy atom. The van der Waals surface area contributed by atoms with Crippen molar-refractivity contribution in [2.45, 2.75) is 30.2 Å². The van der Waals surface area contributed by atoms with Crippen molar-refractivity contribution >= 4 is 11.8 Å². The van der Waals surface area contributed by atoms with Crippen LogP contribution in [0.1, 0.15) is 29.9 Å². The van der Waals surface area contributed by atoms with Crippen LogP contribution in [0.4, 0.5) is 0 Å². The van der Waals surface area contributed by atoms with Crippen molar-refractivity contribution in [3.63, 3.8) is 0 Å². The molecule has 0 spiro atoms. The lowest BCUT2D eigenvalue weighted by atomic mass is 9.98. The molecule has 2 aromatic carbocycles. The third-order valence-electron chi connectivity index (χ3n) is 3.50. The third kappa shape index (κ3) is 3.98. The van der Waals surface area contributed by atoms with E-state index in [1.807, 2.05) is 24.3 Å². The Hall–Kier alpha value is -2.07. The number of rotatable bonds is 6. The van der Waals surface area contributed by atoms with Gasteiger partial charge in [0, 0.05) is 12.2 Å². The summed E-state index contributed by atoms with van der Waals surface area (Å²) in [5, 5.41) is 8.92. The number of thioether (sulfide) groups is 1. The molecule has 1 aromatic heterocycles. The van der Waals surface area contributed by atoms with E-state index in [4.69, 9.17) is 4.42 Å². The van der Waals surface area contributed by atoms with Crippen LogP contribution in [0.3, 0.4) is 0 Å². The van der Waals surface area contributed by atoms with E-state index < -0.39 is 0 Å². The summed E-state index contributed by atoms with van der Waals surface area (Å²) < 4.78 is 5.74. The molecule has 0 radical (unpaired) electrons. The smallest absolute Gasteiger partial charge is 0.276 e. The summed E-state index contributed by atoms with van der Waals surface area (Å²) in [7, 11) is 0. The van der Waals surface area contributed by atoms with Crippen LogP contribution in [0.5, 0.6) is 0 Å². The molecule has 1 unspecified atom stereocenters. The Bertz CT molecular complexity index is 697. The SMILES string of the molecule is CC(Cc1nnc(SCc2ccccc2)o1)c1ccccc1. The van der Waals surface area contributed by atoms with Crippen molar-refractivity contribution < 1.29 is 4.42 Å². The molecule has 0 fully saturated rings. The van der Waals surface area contributed by atoms with Gasteiger partial charge >= 0.3 is 0 Å². The number of hydrogen-bond donors (Lipinski definition) is 0. The molecule has 0 saturated heterocycles. The highest BCUT2D eigenvalue weighted by Gasteiger charge is 2.12. The first-order valence-electron chi connectivity index (χ1n) is 7.35. The number of nitrogens with zero attached hydrogens (tertiary/aromatic N) is 2. The minimum absolute atomic E-state index is 0.369. The van der Waals surface area contributed by atoms with Crippen LogP contribution in [0.15, 0.2) is 70.3 Å². The fourth-order valence-corrected chi connectivity index (χ4v) is 3.00. The molecule has 0 amide bonds. The van der Waals surface area contributed by atoms with Crippen LogP contribution < -0.4 is 0 Å². The Morgan fingerprint density at radius 3 is 2.36 bits per heavy atom. The summed E-state index contributed by atoms with van der Waals surface area (Å²) in [6, 6.07) is 20.7. The molecule has 0 aliphatic carbocycles. The highest BCUT2D eigenvalue weighted by atomic mass is 32.2. The van der Waals surface area contributed by atoms with Gasteiger partial charge in [0.1, 0.15) is 0 Å². The molecule has 0 aliphatic rings. The molecule has 0 bridgehead atoms. The highest BCUT2D eigenvalue weighted by molar-refractivity contribution is 7.98. The average Bonchev–Trinajstić information content (AvgIpc) is 3.02. The first-order chi connectivity index (χ1) is 10.8. The van der Waals surface area contributed by atoms with E-state index in [0.717, 1.165) is 12.2 Å². The largest absolute Gasteiger partial charge is 0.416 e. The molecule has 1 heterocycles. The van der Waals surface area contributed by atoms with Crippen molar-refractivity contribution in [2.75, 3.05) is 0 Å². The molecule has 3 rings (SSSR count). The zero-order valence-corrected chi connectivity index (χ0v) is 13.3. The van der Waals surface area contributed by atoms with Crippen molar-refractivity contribution in [2.24, 2.45) is 0 Å². The predicted octanol–water partition coefficient (Wildman–Crippen LogP) is 4.71. The molecule has 22 heavy (non-hydrogen) atoms. The highest BCUT2D eigenvalue weighted by Crippen LogP contribution is 2.24. The van der Waals surface area contributed by atoms with E-state index in [2.05, 4.69) is 53.5 Å². The fourth-order valence-electron chi connectivity index (χ4n) is 2.26. The van der Waals surface area contributed by atoms with Crippen molar-refractivity contribution in [3.05, 3.63) is 77.7 Å². The summed E-state index contributed by atoms with van der Waals surface area (Å²) in [6.45, 7) is 2.18. The standard InChI is InChI=1S/C18H18N2OS/c1-14(16-10-6-3-7-11-16)12-17-19-20-18(21-17)22-13-15-8-4-2-5-9-15/h2-11,14H,12-13H2,1H3. The van der Waals surface area contributed by atoms with E-state index in [1.54, 1.807) is 11.8 Å². The van der Waals surface area contributed by atoms with E-state index in [0.29, 0.717) is 17.0 Å². The second-order valence-electron chi connectivity index (χ2n) is 5.25. The summed E-state index contributed by atoms with van der Waals surface area (Å²) in [6.07, 6.45) is 0.767. The second-order valence-corrected chi connectivity index (χ2v) is 6.18. The maximum absolute atomic E-state index is 5.74. The molecule has 3 aromatic rings. The third-order valence-corrected chi connectivity index (χ3v) is 4.39. The first-order valence-corrected chi connectivity index (χ1v) is 8.34. The van der Waals surface area contributed by atoms with Gasteiger partial charge in [-0.15, -0.1) is 10.2 Å². The van der Waals surface area contributed by atoms with Gasteiger partial charge in [0.05, 0.1) is 0 Å². The Balaban J connectivity index is 1.57. The van der Waals surface area contributed by atoms with Crippen molar-refractivity contribution in [3.8, 4) is 0 Å². The minimum atomic E-state index is 0.369. The second kappa shape index (κ2) is 7.27. The van der Waals surface area contributed by atoms with Crippen LogP contribution in [-0.2, 0) is 12.2 Å². The quantitative estimate of drug-likeness (QED) is 0.618. The van der Waals surface area contributed by atoms with Gasteiger partial charge in [-0.05, 0) is 17.0 Å². The van der Waals surface area contributed by atoms with Gasteiger partial charge in [-0.2, -0.15) is 0 Å². The maximum atomic E-state index is 5.74. The van der Waals surface area contributed by atoms with Crippen molar-refractivity contribution in [1.82, 2.24) is 10.2 Å². The van der Waals surface area contributed by atoms with E-state index in [-0.39, 0.29) is 0 Å². The average molecular weight is 310 g/mol. The van der Waals surface area contributed by atoms with Crippen LogP contribution >= 0.6 is 11.8 Å². The molecule has 1 atom stereocenters. The Kier molecular flexibility index (Phi) is 4.91. The zero-order chi connectivity index (χ0) is 15.2. The molecule has 3 nitrogen and oxygen atoms in total. The number of benzene rings is 2. The lowest BCUT2D eigenvalue weighted by Gasteiger charge is -2.08. The molecule has 112 valence electrons. The van der Waals surface area contributed by atoms with Crippen LogP contribution in [-0.4, -0.2) is 10.2 Å². The molecule has 0 N–H and O–H groups in total. The first kappa shape index (κ1) is 14.9.